The van der Waals surface area contributed by atoms with Crippen LogP contribution >= 0.6 is 11.6 Å². The Kier molecular flexibility index (Phi) is 4.31. The second-order valence-electron chi connectivity index (χ2n) is 5.42. The maximum Gasteiger partial charge on any atom is 0.249 e. The van der Waals surface area contributed by atoms with Crippen molar-refractivity contribution in [3.8, 4) is 5.75 Å². The molecular formula is C17H17ClN4O2. The molecule has 1 heterocycles. The summed E-state index contributed by atoms with van der Waals surface area (Å²) in [5.41, 5.74) is 7.77. The highest BCUT2D eigenvalue weighted by Crippen LogP contribution is 2.29. The van der Waals surface area contributed by atoms with Crippen LogP contribution in [-0.4, -0.2) is 22.8 Å². The van der Waals surface area contributed by atoms with Crippen molar-refractivity contribution in [2.24, 2.45) is 0 Å². The van der Waals surface area contributed by atoms with Crippen LogP contribution in [0, 0.1) is 0 Å². The molecule has 6 nitrogen and oxygen atoms in total. The highest BCUT2D eigenvalue weighted by molar-refractivity contribution is 6.31. The molecule has 1 atom stereocenters. The Morgan fingerprint density at radius 1 is 1.33 bits per heavy atom. The molecular weight excluding hydrogens is 328 g/mol. The fraction of sp³-hybridized carbons (Fsp3) is 0.176. The number of aromatic nitrogens is 2. The topological polar surface area (TPSA) is 82.2 Å². The molecule has 124 valence electrons. The van der Waals surface area contributed by atoms with E-state index in [0.717, 1.165) is 10.9 Å². The number of methoxy groups -OCH3 is 1. The van der Waals surface area contributed by atoms with Gasteiger partial charge in [0.2, 0.25) is 5.91 Å². The number of benzene rings is 2. The van der Waals surface area contributed by atoms with Gasteiger partial charge < -0.3 is 15.8 Å². The second-order valence-corrected chi connectivity index (χ2v) is 5.85. The first kappa shape index (κ1) is 16.1. The number of rotatable bonds is 4. The van der Waals surface area contributed by atoms with Crippen LogP contribution in [0.4, 0.5) is 11.4 Å². The van der Waals surface area contributed by atoms with E-state index in [-0.39, 0.29) is 5.91 Å². The van der Waals surface area contributed by atoms with Gasteiger partial charge in [-0.15, -0.1) is 0 Å². The molecule has 3 aromatic rings. The third kappa shape index (κ3) is 3.00. The monoisotopic (exact) mass is 344 g/mol. The van der Waals surface area contributed by atoms with Gasteiger partial charge in [-0.3, -0.25) is 9.48 Å². The number of halogens is 1. The van der Waals surface area contributed by atoms with Crippen LogP contribution in [0.3, 0.4) is 0 Å². The van der Waals surface area contributed by atoms with E-state index < -0.39 is 6.04 Å². The van der Waals surface area contributed by atoms with Crippen molar-refractivity contribution in [3.05, 3.63) is 47.6 Å². The molecule has 1 unspecified atom stereocenters. The van der Waals surface area contributed by atoms with Crippen LogP contribution in [-0.2, 0) is 4.79 Å². The van der Waals surface area contributed by atoms with E-state index in [1.165, 1.54) is 7.11 Å². The van der Waals surface area contributed by atoms with Crippen LogP contribution in [0.1, 0.15) is 13.0 Å². The molecule has 0 spiro atoms. The number of anilines is 2. The number of hydrogen-bond donors (Lipinski definition) is 2. The maximum absolute atomic E-state index is 12.6. The molecule has 1 aromatic heterocycles. The number of hydrogen-bond acceptors (Lipinski definition) is 4. The lowest BCUT2D eigenvalue weighted by Gasteiger charge is -2.16. The molecule has 3 N–H and O–H groups in total. The minimum absolute atomic E-state index is 0.233. The van der Waals surface area contributed by atoms with Gasteiger partial charge in [0.25, 0.3) is 0 Å². The molecule has 0 saturated heterocycles. The number of fused-ring (bicyclic) bond motifs is 1. The summed E-state index contributed by atoms with van der Waals surface area (Å²) in [5.74, 6) is 0.303. The summed E-state index contributed by atoms with van der Waals surface area (Å²) < 4.78 is 6.88. The molecule has 0 fully saturated rings. The minimum Gasteiger partial charge on any atom is -0.495 e. The quantitative estimate of drug-likeness (QED) is 0.710. The summed E-state index contributed by atoms with van der Waals surface area (Å²) in [4.78, 5) is 12.6. The lowest BCUT2D eigenvalue weighted by atomic mass is 10.2. The van der Waals surface area contributed by atoms with E-state index in [1.54, 1.807) is 48.1 Å². The zero-order valence-electron chi connectivity index (χ0n) is 13.3. The zero-order valence-corrected chi connectivity index (χ0v) is 14.0. The van der Waals surface area contributed by atoms with Crippen molar-refractivity contribution in [1.82, 2.24) is 9.78 Å². The Bertz CT molecular complexity index is 907. The van der Waals surface area contributed by atoms with Crippen molar-refractivity contribution in [1.29, 1.82) is 0 Å². The number of nitrogens with zero attached hydrogens (tertiary/aromatic N) is 2. The van der Waals surface area contributed by atoms with Gasteiger partial charge in [0, 0.05) is 16.1 Å². The standard InChI is InChI=1S/C17H17ClN4O2/c1-10(22-15-8-13(19)5-3-11(15)9-20-22)17(23)21-14-7-12(18)4-6-16(14)24-2/h3-10H,19H2,1-2H3,(H,21,23). The van der Waals surface area contributed by atoms with Crippen molar-refractivity contribution in [2.75, 3.05) is 18.2 Å². The van der Waals surface area contributed by atoms with Gasteiger partial charge in [-0.05, 0) is 43.3 Å². The first-order valence-corrected chi connectivity index (χ1v) is 7.74. The third-order valence-corrected chi connectivity index (χ3v) is 4.02. The molecule has 0 aliphatic carbocycles. The van der Waals surface area contributed by atoms with Gasteiger partial charge >= 0.3 is 0 Å². The van der Waals surface area contributed by atoms with Crippen LogP contribution in [0.25, 0.3) is 10.9 Å². The average molecular weight is 345 g/mol. The Morgan fingerprint density at radius 3 is 2.88 bits per heavy atom. The highest BCUT2D eigenvalue weighted by Gasteiger charge is 2.19. The van der Waals surface area contributed by atoms with Gasteiger partial charge in [0.05, 0.1) is 24.5 Å². The molecule has 0 aliphatic rings. The molecule has 3 rings (SSSR count). The van der Waals surface area contributed by atoms with Crippen LogP contribution in [0.15, 0.2) is 42.6 Å². The Hall–Kier alpha value is -2.73. The number of amides is 1. The lowest BCUT2D eigenvalue weighted by Crippen LogP contribution is -2.24. The van der Waals surface area contributed by atoms with E-state index in [1.807, 2.05) is 6.07 Å². The summed E-state index contributed by atoms with van der Waals surface area (Å²) in [6.45, 7) is 1.77. The lowest BCUT2D eigenvalue weighted by molar-refractivity contribution is -0.119. The molecule has 2 aromatic carbocycles. The number of carbonyl (C=O) groups excluding carboxylic acids is 1. The van der Waals surface area contributed by atoms with E-state index in [2.05, 4.69) is 10.4 Å². The summed E-state index contributed by atoms with van der Waals surface area (Å²) in [6, 6.07) is 9.98. The summed E-state index contributed by atoms with van der Waals surface area (Å²) in [7, 11) is 1.53. The molecule has 1 amide bonds. The molecule has 0 radical (unpaired) electrons. The fourth-order valence-electron chi connectivity index (χ4n) is 2.49. The summed E-state index contributed by atoms with van der Waals surface area (Å²) >= 11 is 5.99. The van der Waals surface area contributed by atoms with Crippen LogP contribution in [0.5, 0.6) is 5.75 Å². The molecule has 7 heteroatoms. The van der Waals surface area contributed by atoms with Crippen LogP contribution in [0.2, 0.25) is 5.02 Å². The Labute approximate surface area is 144 Å². The number of nitrogens with one attached hydrogen (secondary N) is 1. The van der Waals surface area contributed by atoms with Gasteiger partial charge in [-0.2, -0.15) is 5.10 Å². The summed E-state index contributed by atoms with van der Waals surface area (Å²) in [5, 5.41) is 8.56. The Balaban J connectivity index is 1.89. The number of ether oxygens (including phenoxy) is 1. The molecule has 24 heavy (non-hydrogen) atoms. The molecule has 0 aliphatic heterocycles. The van der Waals surface area contributed by atoms with Crippen molar-refractivity contribution < 1.29 is 9.53 Å². The normalized spacial score (nSPS) is 12.1. The van der Waals surface area contributed by atoms with Gasteiger partial charge in [0.1, 0.15) is 11.8 Å². The number of nitrogens with two attached hydrogens (primary N) is 1. The van der Waals surface area contributed by atoms with Crippen molar-refractivity contribution in [2.45, 2.75) is 13.0 Å². The summed E-state index contributed by atoms with van der Waals surface area (Å²) in [6.07, 6.45) is 1.71. The molecule has 0 saturated carbocycles. The van der Waals surface area contributed by atoms with Crippen molar-refractivity contribution in [3.63, 3.8) is 0 Å². The van der Waals surface area contributed by atoms with E-state index >= 15 is 0 Å². The van der Waals surface area contributed by atoms with Gasteiger partial charge in [0.15, 0.2) is 0 Å². The van der Waals surface area contributed by atoms with Crippen LogP contribution < -0.4 is 15.8 Å². The van der Waals surface area contributed by atoms with Gasteiger partial charge in [-0.1, -0.05) is 11.6 Å². The highest BCUT2D eigenvalue weighted by atomic mass is 35.5. The third-order valence-electron chi connectivity index (χ3n) is 3.79. The number of nitrogen functional groups attached to an aromatic ring is 1. The predicted molar refractivity (Wildman–Crippen MR) is 95.5 cm³/mol. The SMILES string of the molecule is COc1ccc(Cl)cc1NC(=O)C(C)n1ncc2ccc(N)cc21. The maximum atomic E-state index is 12.6. The predicted octanol–water partition coefficient (Wildman–Crippen LogP) is 3.48. The van der Waals surface area contributed by atoms with Crippen molar-refractivity contribution >= 4 is 39.8 Å². The van der Waals surface area contributed by atoms with Gasteiger partial charge in [-0.25, -0.2) is 0 Å². The Morgan fingerprint density at radius 2 is 2.12 bits per heavy atom. The fourth-order valence-corrected chi connectivity index (χ4v) is 2.66. The number of carbonyl (C=O) groups is 1. The smallest absolute Gasteiger partial charge is 0.249 e. The first-order chi connectivity index (χ1) is 11.5. The average Bonchev–Trinajstić information content (AvgIpc) is 2.97. The zero-order chi connectivity index (χ0) is 17.3. The van der Waals surface area contributed by atoms with E-state index in [0.29, 0.717) is 22.1 Å². The second kappa shape index (κ2) is 6.41. The van der Waals surface area contributed by atoms with E-state index in [4.69, 9.17) is 22.1 Å². The minimum atomic E-state index is -0.534. The largest absolute Gasteiger partial charge is 0.495 e. The van der Waals surface area contributed by atoms with E-state index in [9.17, 15) is 4.79 Å². The molecule has 0 bridgehead atoms. The first-order valence-electron chi connectivity index (χ1n) is 7.36.